The maximum Gasteiger partial charge on any atom is 0.288 e. The number of carbonyl (C=O) groups is 1. The number of rotatable bonds is 6. The zero-order valence-electron chi connectivity index (χ0n) is 15.8. The van der Waals surface area contributed by atoms with Gasteiger partial charge in [0.2, 0.25) is 5.91 Å². The van der Waals surface area contributed by atoms with Crippen LogP contribution >= 0.6 is 11.6 Å². The van der Waals surface area contributed by atoms with Gasteiger partial charge in [0.1, 0.15) is 16.5 Å². The summed E-state index contributed by atoms with van der Waals surface area (Å²) in [5, 5.41) is 15.0. The number of aryl methyl sites for hydroxylation is 2. The fraction of sp³-hybridized carbons (Fsp3) is 0.143. The van der Waals surface area contributed by atoms with Crippen LogP contribution in [-0.4, -0.2) is 17.0 Å². The van der Waals surface area contributed by atoms with Gasteiger partial charge in [-0.1, -0.05) is 35.4 Å². The number of halogens is 1. The molecule has 0 radical (unpaired) electrons. The van der Waals surface area contributed by atoms with Crippen molar-refractivity contribution in [3.63, 3.8) is 0 Å². The van der Waals surface area contributed by atoms with Gasteiger partial charge in [0.05, 0.1) is 17.6 Å². The largest absolute Gasteiger partial charge is 0.455 e. The maximum atomic E-state index is 12.1. The van der Waals surface area contributed by atoms with Gasteiger partial charge >= 0.3 is 0 Å². The SMILES string of the molecule is Cc1ccc(CC(=O)N/N=C\c2ccc(-c3ccc(Cl)c([N+](=O)[O-])c3)o2)c(C)c1. The Hall–Kier alpha value is -3.45. The molecule has 1 aromatic heterocycles. The first-order valence-electron chi connectivity index (χ1n) is 8.75. The molecule has 8 heteroatoms. The number of nitro groups is 1. The minimum Gasteiger partial charge on any atom is -0.455 e. The zero-order chi connectivity index (χ0) is 21.0. The number of hydrogen-bond acceptors (Lipinski definition) is 5. The Kier molecular flexibility index (Phi) is 6.09. The van der Waals surface area contributed by atoms with E-state index in [0.717, 1.165) is 16.7 Å². The Morgan fingerprint density at radius 3 is 2.72 bits per heavy atom. The lowest BCUT2D eigenvalue weighted by Crippen LogP contribution is -2.20. The predicted molar refractivity (Wildman–Crippen MR) is 111 cm³/mol. The first-order valence-corrected chi connectivity index (χ1v) is 9.13. The second-order valence-corrected chi connectivity index (χ2v) is 6.93. The Morgan fingerprint density at radius 2 is 2.00 bits per heavy atom. The van der Waals surface area contributed by atoms with E-state index in [1.54, 1.807) is 18.2 Å². The minimum absolute atomic E-state index is 0.0543. The molecule has 0 atom stereocenters. The first kappa shape index (κ1) is 20.3. The molecule has 0 aliphatic rings. The highest BCUT2D eigenvalue weighted by Gasteiger charge is 2.15. The lowest BCUT2D eigenvalue weighted by Gasteiger charge is -2.05. The maximum absolute atomic E-state index is 12.1. The summed E-state index contributed by atoms with van der Waals surface area (Å²) >= 11 is 5.82. The summed E-state index contributed by atoms with van der Waals surface area (Å²) in [5.41, 5.74) is 5.91. The highest BCUT2D eigenvalue weighted by Crippen LogP contribution is 2.31. The van der Waals surface area contributed by atoms with Crippen LogP contribution in [0.2, 0.25) is 5.02 Å². The van der Waals surface area contributed by atoms with Gasteiger partial charge in [0, 0.05) is 11.6 Å². The molecule has 3 aromatic rings. The van der Waals surface area contributed by atoms with Crippen molar-refractivity contribution >= 4 is 29.4 Å². The monoisotopic (exact) mass is 411 g/mol. The van der Waals surface area contributed by atoms with Crippen molar-refractivity contribution in [2.24, 2.45) is 5.10 Å². The second kappa shape index (κ2) is 8.70. The number of carbonyl (C=O) groups excluding carboxylic acids is 1. The summed E-state index contributed by atoms with van der Waals surface area (Å²) in [6.07, 6.45) is 1.59. The Morgan fingerprint density at radius 1 is 1.21 bits per heavy atom. The van der Waals surface area contributed by atoms with Crippen LogP contribution in [-0.2, 0) is 11.2 Å². The van der Waals surface area contributed by atoms with E-state index < -0.39 is 4.92 Å². The predicted octanol–water partition coefficient (Wildman–Crippen LogP) is 4.82. The second-order valence-electron chi connectivity index (χ2n) is 6.53. The fourth-order valence-corrected chi connectivity index (χ4v) is 2.99. The molecular formula is C21H18ClN3O4. The third-order valence-electron chi connectivity index (χ3n) is 4.28. The van der Waals surface area contributed by atoms with E-state index in [1.807, 2.05) is 32.0 Å². The Balaban J connectivity index is 1.64. The molecule has 0 saturated carbocycles. The van der Waals surface area contributed by atoms with Gasteiger partial charge < -0.3 is 4.42 Å². The lowest BCUT2D eigenvalue weighted by molar-refractivity contribution is -0.384. The molecule has 0 aliphatic carbocycles. The van der Waals surface area contributed by atoms with E-state index in [-0.39, 0.29) is 23.0 Å². The molecule has 7 nitrogen and oxygen atoms in total. The normalized spacial score (nSPS) is 11.0. The molecule has 0 spiro atoms. The molecule has 1 amide bonds. The van der Waals surface area contributed by atoms with E-state index >= 15 is 0 Å². The number of nitro benzene ring substituents is 1. The topological polar surface area (TPSA) is 97.7 Å². The Labute approximate surface area is 172 Å². The summed E-state index contributed by atoms with van der Waals surface area (Å²) < 4.78 is 5.61. The summed E-state index contributed by atoms with van der Waals surface area (Å²) in [6, 6.07) is 13.6. The van der Waals surface area contributed by atoms with Gasteiger partial charge in [-0.2, -0.15) is 5.10 Å². The molecule has 1 N–H and O–H groups in total. The number of hydrogen-bond donors (Lipinski definition) is 1. The van der Waals surface area contributed by atoms with Crippen molar-refractivity contribution in [3.8, 4) is 11.3 Å². The van der Waals surface area contributed by atoms with E-state index in [1.165, 1.54) is 18.3 Å². The van der Waals surface area contributed by atoms with Crippen molar-refractivity contribution in [2.45, 2.75) is 20.3 Å². The molecule has 0 bridgehead atoms. The number of nitrogens with zero attached hydrogens (tertiary/aromatic N) is 2. The van der Waals surface area contributed by atoms with Gasteiger partial charge in [0.15, 0.2) is 0 Å². The van der Waals surface area contributed by atoms with E-state index in [4.69, 9.17) is 16.0 Å². The van der Waals surface area contributed by atoms with Gasteiger partial charge in [-0.3, -0.25) is 14.9 Å². The van der Waals surface area contributed by atoms with Crippen LogP contribution in [0.5, 0.6) is 0 Å². The van der Waals surface area contributed by atoms with Crippen LogP contribution < -0.4 is 5.43 Å². The van der Waals surface area contributed by atoms with Gasteiger partial charge in [0.25, 0.3) is 5.69 Å². The standard InChI is InChI=1S/C21H18ClN3O4/c1-13-3-4-15(14(2)9-13)11-21(26)24-23-12-17-6-8-20(29-17)16-5-7-18(22)19(10-16)25(27)28/h3-10,12H,11H2,1-2H3,(H,24,26)/b23-12-. The van der Waals surface area contributed by atoms with Crippen LogP contribution in [0.15, 0.2) is 58.0 Å². The van der Waals surface area contributed by atoms with Crippen molar-refractivity contribution < 1.29 is 14.1 Å². The van der Waals surface area contributed by atoms with Crippen molar-refractivity contribution in [1.82, 2.24) is 5.43 Å². The van der Waals surface area contributed by atoms with Crippen molar-refractivity contribution in [2.75, 3.05) is 0 Å². The quantitative estimate of drug-likeness (QED) is 0.357. The molecule has 3 rings (SSSR count). The summed E-state index contributed by atoms with van der Waals surface area (Å²) in [7, 11) is 0. The van der Waals surface area contributed by atoms with Gasteiger partial charge in [-0.25, -0.2) is 5.43 Å². The van der Waals surface area contributed by atoms with Crippen molar-refractivity contribution in [3.05, 3.63) is 86.1 Å². The summed E-state index contributed by atoms with van der Waals surface area (Å²) in [5.74, 6) is 0.575. The van der Waals surface area contributed by atoms with E-state index in [0.29, 0.717) is 17.1 Å². The van der Waals surface area contributed by atoms with E-state index in [9.17, 15) is 14.9 Å². The molecule has 0 fully saturated rings. The number of nitrogens with one attached hydrogen (secondary N) is 1. The lowest BCUT2D eigenvalue weighted by atomic mass is 10.0. The number of benzene rings is 2. The van der Waals surface area contributed by atoms with Crippen LogP contribution in [0, 0.1) is 24.0 Å². The fourth-order valence-electron chi connectivity index (χ4n) is 2.81. The number of furan rings is 1. The highest BCUT2D eigenvalue weighted by atomic mass is 35.5. The molecule has 148 valence electrons. The van der Waals surface area contributed by atoms with Crippen LogP contribution in [0.3, 0.4) is 0 Å². The molecule has 0 saturated heterocycles. The van der Waals surface area contributed by atoms with Crippen molar-refractivity contribution in [1.29, 1.82) is 0 Å². The van der Waals surface area contributed by atoms with Gasteiger partial charge in [-0.15, -0.1) is 0 Å². The number of amides is 1. The summed E-state index contributed by atoms with van der Waals surface area (Å²) in [4.78, 5) is 22.5. The molecule has 29 heavy (non-hydrogen) atoms. The van der Waals surface area contributed by atoms with Crippen LogP contribution in [0.25, 0.3) is 11.3 Å². The van der Waals surface area contributed by atoms with Crippen LogP contribution in [0.4, 0.5) is 5.69 Å². The average Bonchev–Trinajstić information content (AvgIpc) is 3.13. The molecule has 0 aliphatic heterocycles. The molecule has 1 heterocycles. The van der Waals surface area contributed by atoms with Gasteiger partial charge in [-0.05, 0) is 49.2 Å². The molecular weight excluding hydrogens is 394 g/mol. The Bertz CT molecular complexity index is 1110. The zero-order valence-corrected chi connectivity index (χ0v) is 16.6. The van der Waals surface area contributed by atoms with Crippen LogP contribution in [0.1, 0.15) is 22.5 Å². The molecule has 2 aromatic carbocycles. The minimum atomic E-state index is -0.553. The van der Waals surface area contributed by atoms with E-state index in [2.05, 4.69) is 10.5 Å². The number of hydrazone groups is 1. The first-order chi connectivity index (χ1) is 13.8. The summed E-state index contributed by atoms with van der Waals surface area (Å²) in [6.45, 7) is 3.96. The molecule has 0 unspecified atom stereocenters. The average molecular weight is 412 g/mol. The third-order valence-corrected chi connectivity index (χ3v) is 4.60. The third kappa shape index (κ3) is 5.08. The highest BCUT2D eigenvalue weighted by molar-refractivity contribution is 6.32. The smallest absolute Gasteiger partial charge is 0.288 e.